The summed E-state index contributed by atoms with van der Waals surface area (Å²) in [6, 6.07) is 14.9. The number of methoxy groups -OCH3 is 1. The summed E-state index contributed by atoms with van der Waals surface area (Å²) in [6.07, 6.45) is 4.38. The molecule has 1 aliphatic heterocycles. The van der Waals surface area contributed by atoms with Gasteiger partial charge in [-0.25, -0.2) is 19.2 Å². The molecule has 0 radical (unpaired) electrons. The van der Waals surface area contributed by atoms with E-state index in [0.717, 1.165) is 70.8 Å². The van der Waals surface area contributed by atoms with Crippen LogP contribution >= 0.6 is 0 Å². The minimum absolute atomic E-state index is 0.478. The predicted octanol–water partition coefficient (Wildman–Crippen LogP) is 2.10. The lowest BCUT2D eigenvalue weighted by atomic mass is 9.87. The van der Waals surface area contributed by atoms with Crippen molar-refractivity contribution in [1.82, 2.24) is 9.80 Å². The van der Waals surface area contributed by atoms with Gasteiger partial charge in [0.15, 0.2) is 0 Å². The van der Waals surface area contributed by atoms with Gasteiger partial charge in [-0.15, -0.1) is 0 Å². The van der Waals surface area contributed by atoms with E-state index < -0.39 is 23.9 Å². The van der Waals surface area contributed by atoms with Crippen LogP contribution < -0.4 is 9.64 Å². The molecule has 0 amide bonds. The van der Waals surface area contributed by atoms with Gasteiger partial charge in [-0.3, -0.25) is 9.80 Å². The molecule has 1 heterocycles. The van der Waals surface area contributed by atoms with E-state index in [1.54, 1.807) is 7.11 Å². The number of carboxylic acid groups (broad SMARTS) is 4. The fourth-order valence-electron chi connectivity index (χ4n) is 5.22. The molecule has 1 fully saturated rings. The lowest BCUT2D eigenvalue weighted by Gasteiger charge is -2.39. The number of anilines is 1. The number of hydrogen-bond donors (Lipinski definition) is 5. The van der Waals surface area contributed by atoms with E-state index in [-0.39, 0.29) is 0 Å². The Kier molecular flexibility index (Phi) is 14.2. The normalized spacial score (nSPS) is 16.1. The van der Waals surface area contributed by atoms with Crippen molar-refractivity contribution in [2.45, 2.75) is 38.6 Å². The molecule has 2 aromatic rings. The average Bonchev–Trinajstić information content (AvgIpc) is 3.00. The average molecular weight is 604 g/mol. The molecule has 0 spiro atoms. The van der Waals surface area contributed by atoms with Crippen LogP contribution in [0.25, 0.3) is 0 Å². The van der Waals surface area contributed by atoms with Crippen molar-refractivity contribution in [3.8, 4) is 11.5 Å². The number of nitrogens with zero attached hydrogens (tertiary/aromatic N) is 3. The zero-order valence-electron chi connectivity index (χ0n) is 24.5. The van der Waals surface area contributed by atoms with Crippen LogP contribution in [0.3, 0.4) is 0 Å². The maximum atomic E-state index is 10.2. The van der Waals surface area contributed by atoms with Crippen LogP contribution in [0.2, 0.25) is 0 Å². The predicted molar refractivity (Wildman–Crippen MR) is 158 cm³/mol. The van der Waals surface area contributed by atoms with E-state index in [0.29, 0.717) is 11.8 Å². The summed E-state index contributed by atoms with van der Waals surface area (Å²) in [5, 5.41) is 39.7. The molecule has 1 atom stereocenters. The fourth-order valence-corrected chi connectivity index (χ4v) is 5.22. The van der Waals surface area contributed by atoms with Crippen molar-refractivity contribution < 1.29 is 49.4 Å². The van der Waals surface area contributed by atoms with Crippen molar-refractivity contribution in [2.24, 2.45) is 0 Å². The number of aliphatic carboxylic acids is 4. The molecule has 0 unspecified atom stereocenters. The van der Waals surface area contributed by atoms with Crippen molar-refractivity contribution >= 4 is 29.6 Å². The lowest BCUT2D eigenvalue weighted by molar-refractivity contribution is -0.159. The highest BCUT2D eigenvalue weighted by Crippen LogP contribution is 2.31. The number of benzene rings is 2. The number of fused-ring (bicyclic) bond motifs is 1. The van der Waals surface area contributed by atoms with Gasteiger partial charge in [0, 0.05) is 45.3 Å². The number of rotatable bonds is 8. The van der Waals surface area contributed by atoms with E-state index in [1.165, 1.54) is 23.2 Å². The van der Waals surface area contributed by atoms with E-state index in [4.69, 9.17) is 44.3 Å². The summed E-state index contributed by atoms with van der Waals surface area (Å²) in [7, 11) is 1.75. The number of phenols is 1. The lowest BCUT2D eigenvalue weighted by Crippen LogP contribution is -2.50. The molecule has 1 aliphatic carbocycles. The number of carbonyl (C=O) groups is 4. The molecule has 1 saturated heterocycles. The first-order valence-electron chi connectivity index (χ1n) is 14.0. The fraction of sp³-hybridized carbons (Fsp3) is 0.467. The number of hydrogen-bond acceptors (Lipinski definition) is 9. The summed E-state index contributed by atoms with van der Waals surface area (Å²) in [5.41, 5.74) is 3.71. The molecule has 0 bridgehead atoms. The summed E-state index contributed by atoms with van der Waals surface area (Å²) >= 11 is 0. The second-order valence-corrected chi connectivity index (χ2v) is 10.1. The molecule has 13 nitrogen and oxygen atoms in total. The number of carboxylic acids is 4. The van der Waals surface area contributed by atoms with E-state index in [1.807, 2.05) is 24.3 Å². The molecular weight excluding hydrogens is 562 g/mol. The van der Waals surface area contributed by atoms with E-state index >= 15 is 0 Å². The third-order valence-corrected chi connectivity index (χ3v) is 7.33. The number of piperazine rings is 1. The molecule has 4 rings (SSSR count). The molecule has 0 saturated carbocycles. The summed E-state index contributed by atoms with van der Waals surface area (Å²) in [5.74, 6) is -5.85. The van der Waals surface area contributed by atoms with Crippen molar-refractivity contribution in [3.05, 3.63) is 53.6 Å². The van der Waals surface area contributed by atoms with Gasteiger partial charge in [-0.1, -0.05) is 31.2 Å². The largest absolute Gasteiger partial charge is 0.508 e. The SMILES string of the molecule is CCCN(CCN1CCN(c2ccccc2OC)CC1)[C@H]1CCc2c(O)cccc2C1.O=C(O)C(=O)O.O=C(O)C(=O)O. The van der Waals surface area contributed by atoms with E-state index in [9.17, 15) is 5.11 Å². The molecule has 2 aromatic carbocycles. The maximum absolute atomic E-state index is 10.2. The van der Waals surface area contributed by atoms with Gasteiger partial charge >= 0.3 is 23.9 Å². The van der Waals surface area contributed by atoms with Crippen LogP contribution in [0.4, 0.5) is 5.69 Å². The number of para-hydroxylation sites is 2. The molecule has 13 heteroatoms. The van der Waals surface area contributed by atoms with Gasteiger partial charge in [0.25, 0.3) is 0 Å². The zero-order valence-corrected chi connectivity index (χ0v) is 24.5. The topological polar surface area (TPSA) is 188 Å². The molecule has 5 N–H and O–H groups in total. The van der Waals surface area contributed by atoms with Gasteiger partial charge in [-0.05, 0) is 61.6 Å². The Labute approximate surface area is 250 Å². The van der Waals surface area contributed by atoms with Gasteiger partial charge in [0.1, 0.15) is 11.5 Å². The highest BCUT2D eigenvalue weighted by Gasteiger charge is 2.26. The number of phenolic OH excluding ortho intramolecular Hbond substituents is 1. The van der Waals surface area contributed by atoms with Crippen molar-refractivity contribution in [2.75, 3.05) is 57.8 Å². The second kappa shape index (κ2) is 17.6. The van der Waals surface area contributed by atoms with Crippen molar-refractivity contribution in [3.63, 3.8) is 0 Å². The highest BCUT2D eigenvalue weighted by atomic mass is 16.5. The van der Waals surface area contributed by atoms with Gasteiger partial charge in [0.05, 0.1) is 12.8 Å². The van der Waals surface area contributed by atoms with Crippen LogP contribution in [0.5, 0.6) is 11.5 Å². The summed E-state index contributed by atoms with van der Waals surface area (Å²) in [6.45, 7) is 9.97. The zero-order chi connectivity index (χ0) is 31.9. The molecular formula is C30H41N3O10. The summed E-state index contributed by atoms with van der Waals surface area (Å²) < 4.78 is 5.55. The first kappa shape index (κ1) is 34.8. The molecule has 2 aliphatic rings. The molecule has 0 aromatic heterocycles. The highest BCUT2D eigenvalue weighted by molar-refractivity contribution is 6.27. The Balaban J connectivity index is 0.000000455. The van der Waals surface area contributed by atoms with Crippen LogP contribution in [0.1, 0.15) is 30.9 Å². The smallest absolute Gasteiger partial charge is 0.414 e. The van der Waals surface area contributed by atoms with Gasteiger partial charge in [0.2, 0.25) is 0 Å². The number of aromatic hydroxyl groups is 1. The first-order chi connectivity index (χ1) is 20.5. The standard InChI is InChI=1S/C26H37N3O2.2C2H2O4/c1-3-13-28(22-11-12-23-21(20-22)7-6-9-25(23)30)17-14-27-15-18-29(19-16-27)24-8-4-5-10-26(24)31-2;2*3-1(4)2(5)6/h4-10,22,30H,3,11-20H2,1-2H3;2*(H,3,4)(H,5,6)/t22-;;/m0../s1. The second-order valence-electron chi connectivity index (χ2n) is 10.1. The monoisotopic (exact) mass is 603 g/mol. The quantitative estimate of drug-likeness (QED) is 0.276. The first-order valence-corrected chi connectivity index (χ1v) is 14.0. The maximum Gasteiger partial charge on any atom is 0.414 e. The number of ether oxygens (including phenoxy) is 1. The van der Waals surface area contributed by atoms with Crippen LogP contribution in [0, 0.1) is 0 Å². The Morgan fingerprint density at radius 2 is 1.47 bits per heavy atom. The van der Waals surface area contributed by atoms with E-state index in [2.05, 4.69) is 39.8 Å². The Morgan fingerprint density at radius 3 is 2.02 bits per heavy atom. The Morgan fingerprint density at radius 1 is 0.860 bits per heavy atom. The van der Waals surface area contributed by atoms with Crippen molar-refractivity contribution in [1.29, 1.82) is 0 Å². The Hall–Kier alpha value is -4.36. The van der Waals surface area contributed by atoms with Crippen LogP contribution in [-0.4, -0.2) is 118 Å². The molecule has 236 valence electrons. The van der Waals surface area contributed by atoms with Crippen LogP contribution in [0.15, 0.2) is 42.5 Å². The third kappa shape index (κ3) is 11.1. The summed E-state index contributed by atoms with van der Waals surface area (Å²) in [4.78, 5) is 44.1. The van der Waals surface area contributed by atoms with Gasteiger partial charge < -0.3 is 35.2 Å². The van der Waals surface area contributed by atoms with Gasteiger partial charge in [-0.2, -0.15) is 0 Å². The van der Waals surface area contributed by atoms with Crippen LogP contribution in [-0.2, 0) is 32.0 Å². The molecule has 43 heavy (non-hydrogen) atoms. The minimum Gasteiger partial charge on any atom is -0.508 e. The minimum atomic E-state index is -1.82. The third-order valence-electron chi connectivity index (χ3n) is 7.33. The Bertz CT molecular complexity index is 1180.